The van der Waals surface area contributed by atoms with Gasteiger partial charge in [0.25, 0.3) is 0 Å². The summed E-state index contributed by atoms with van der Waals surface area (Å²) >= 11 is 0. The van der Waals surface area contributed by atoms with E-state index < -0.39 is 0 Å². The Balaban J connectivity index is 1.59. The number of para-hydroxylation sites is 1. The molecule has 0 unspecified atom stereocenters. The van der Waals surface area contributed by atoms with Gasteiger partial charge in [0.1, 0.15) is 0 Å². The van der Waals surface area contributed by atoms with E-state index in [1.165, 1.54) is 0 Å². The van der Waals surface area contributed by atoms with E-state index >= 15 is 0 Å². The zero-order chi connectivity index (χ0) is 22.4. The van der Waals surface area contributed by atoms with Gasteiger partial charge in [-0.15, -0.1) is 0 Å². The van der Waals surface area contributed by atoms with Crippen molar-refractivity contribution in [2.45, 2.75) is 20.8 Å². The van der Waals surface area contributed by atoms with Crippen LogP contribution in [-0.4, -0.2) is 36.9 Å². The molecule has 0 heterocycles. The molecule has 0 saturated carbocycles. The van der Waals surface area contributed by atoms with Crippen LogP contribution in [0.15, 0.2) is 66.7 Å². The Morgan fingerprint density at radius 3 is 1.97 bits per heavy atom. The Bertz CT molecular complexity index is 1050. The minimum absolute atomic E-state index is 0.113. The highest BCUT2D eigenvalue weighted by Crippen LogP contribution is 2.27. The number of carbonyl (C=O) groups is 2. The number of nitrogens with zero attached hydrogens (tertiary/aromatic N) is 1. The van der Waals surface area contributed by atoms with E-state index in [1.807, 2.05) is 87.5 Å². The van der Waals surface area contributed by atoms with E-state index in [0.717, 1.165) is 39.2 Å². The Hall–Kier alpha value is -3.44. The monoisotopic (exact) mass is 415 g/mol. The summed E-state index contributed by atoms with van der Waals surface area (Å²) in [5.74, 6) is -0.309. The summed E-state index contributed by atoms with van der Waals surface area (Å²) in [5.41, 5.74) is 6.81. The molecule has 0 bridgehead atoms. The SMILES string of the molecule is Cc1cc(C)c(NC(=O)CN(C)CC(=O)Nc2ccccc2-c2ccccc2)c(C)c1. The second-order valence-corrected chi connectivity index (χ2v) is 7.95. The lowest BCUT2D eigenvalue weighted by Gasteiger charge is -2.18. The quantitative estimate of drug-likeness (QED) is 0.583. The maximum absolute atomic E-state index is 12.6. The first-order valence-electron chi connectivity index (χ1n) is 10.3. The molecule has 0 aliphatic rings. The van der Waals surface area contributed by atoms with Crippen LogP contribution in [0, 0.1) is 20.8 Å². The predicted octanol–water partition coefficient (Wildman–Crippen LogP) is 4.79. The van der Waals surface area contributed by atoms with Crippen LogP contribution in [0.2, 0.25) is 0 Å². The number of anilines is 2. The molecule has 5 nitrogen and oxygen atoms in total. The van der Waals surface area contributed by atoms with Crippen molar-refractivity contribution in [3.05, 3.63) is 83.4 Å². The maximum Gasteiger partial charge on any atom is 0.238 e. The molecule has 160 valence electrons. The first kappa shape index (κ1) is 22.2. The minimum atomic E-state index is -0.165. The summed E-state index contributed by atoms with van der Waals surface area (Å²) in [4.78, 5) is 26.8. The van der Waals surface area contributed by atoms with Gasteiger partial charge in [-0.25, -0.2) is 0 Å². The van der Waals surface area contributed by atoms with Crippen LogP contribution in [0.4, 0.5) is 11.4 Å². The zero-order valence-electron chi connectivity index (χ0n) is 18.5. The smallest absolute Gasteiger partial charge is 0.238 e. The molecule has 0 spiro atoms. The average molecular weight is 416 g/mol. The van der Waals surface area contributed by atoms with Crippen LogP contribution in [0.3, 0.4) is 0 Å². The number of benzene rings is 3. The van der Waals surface area contributed by atoms with Crippen molar-refractivity contribution < 1.29 is 9.59 Å². The van der Waals surface area contributed by atoms with Crippen molar-refractivity contribution in [1.29, 1.82) is 0 Å². The molecule has 0 aromatic heterocycles. The van der Waals surface area contributed by atoms with Crippen molar-refractivity contribution in [3.8, 4) is 11.1 Å². The summed E-state index contributed by atoms with van der Waals surface area (Å²) in [6.45, 7) is 6.24. The molecule has 0 saturated heterocycles. The van der Waals surface area contributed by atoms with Gasteiger partial charge < -0.3 is 10.6 Å². The van der Waals surface area contributed by atoms with Gasteiger partial charge in [-0.3, -0.25) is 14.5 Å². The highest BCUT2D eigenvalue weighted by Gasteiger charge is 2.14. The highest BCUT2D eigenvalue weighted by molar-refractivity contribution is 5.97. The number of carbonyl (C=O) groups excluding carboxylic acids is 2. The van der Waals surface area contributed by atoms with Crippen LogP contribution in [0.1, 0.15) is 16.7 Å². The third-order valence-corrected chi connectivity index (χ3v) is 5.05. The fourth-order valence-electron chi connectivity index (χ4n) is 3.75. The van der Waals surface area contributed by atoms with E-state index in [-0.39, 0.29) is 24.9 Å². The van der Waals surface area contributed by atoms with Crippen LogP contribution in [0.25, 0.3) is 11.1 Å². The Morgan fingerprint density at radius 1 is 0.774 bits per heavy atom. The number of hydrogen-bond acceptors (Lipinski definition) is 3. The largest absolute Gasteiger partial charge is 0.324 e. The molecule has 0 aliphatic heterocycles. The van der Waals surface area contributed by atoms with Gasteiger partial charge in [-0.1, -0.05) is 66.2 Å². The molecule has 31 heavy (non-hydrogen) atoms. The standard InChI is InChI=1S/C26H29N3O2/c1-18-14-19(2)26(20(3)15-18)28-25(31)17-29(4)16-24(30)27-23-13-9-8-12-22(23)21-10-6-5-7-11-21/h5-15H,16-17H2,1-4H3,(H,27,30)(H,28,31). The Labute approximate surface area is 184 Å². The number of nitrogens with one attached hydrogen (secondary N) is 2. The molecule has 3 rings (SSSR count). The van der Waals surface area contributed by atoms with Crippen molar-refractivity contribution in [3.63, 3.8) is 0 Å². The predicted molar refractivity (Wildman–Crippen MR) is 127 cm³/mol. The van der Waals surface area contributed by atoms with Crippen molar-refractivity contribution >= 4 is 23.2 Å². The number of amides is 2. The number of aryl methyl sites for hydroxylation is 3. The number of rotatable bonds is 7. The topological polar surface area (TPSA) is 61.4 Å². The van der Waals surface area contributed by atoms with Gasteiger partial charge >= 0.3 is 0 Å². The minimum Gasteiger partial charge on any atom is -0.324 e. The molecule has 5 heteroatoms. The second-order valence-electron chi connectivity index (χ2n) is 7.95. The summed E-state index contributed by atoms with van der Waals surface area (Å²) in [6, 6.07) is 21.7. The van der Waals surface area contributed by atoms with Gasteiger partial charge in [0, 0.05) is 16.9 Å². The third kappa shape index (κ3) is 6.03. The highest BCUT2D eigenvalue weighted by atomic mass is 16.2. The summed E-state index contributed by atoms with van der Waals surface area (Å²) in [7, 11) is 1.76. The number of hydrogen-bond donors (Lipinski definition) is 2. The van der Waals surface area contributed by atoms with Gasteiger partial charge in [0.05, 0.1) is 13.1 Å². The molecule has 0 aliphatic carbocycles. The van der Waals surface area contributed by atoms with Crippen LogP contribution < -0.4 is 10.6 Å². The molecule has 0 fully saturated rings. The molecular formula is C26H29N3O2. The lowest BCUT2D eigenvalue weighted by atomic mass is 10.0. The van der Waals surface area contributed by atoms with Crippen molar-refractivity contribution in [2.24, 2.45) is 0 Å². The zero-order valence-corrected chi connectivity index (χ0v) is 18.5. The summed E-state index contributed by atoms with van der Waals surface area (Å²) in [6.07, 6.45) is 0. The van der Waals surface area contributed by atoms with E-state index in [0.29, 0.717) is 0 Å². The van der Waals surface area contributed by atoms with Gasteiger partial charge in [-0.2, -0.15) is 0 Å². The second kappa shape index (κ2) is 10.0. The molecule has 3 aromatic carbocycles. The van der Waals surface area contributed by atoms with E-state index in [4.69, 9.17) is 0 Å². The molecule has 2 N–H and O–H groups in total. The van der Waals surface area contributed by atoms with E-state index in [9.17, 15) is 9.59 Å². The first-order valence-corrected chi connectivity index (χ1v) is 10.3. The van der Waals surface area contributed by atoms with Gasteiger partial charge in [0.15, 0.2) is 0 Å². The first-order chi connectivity index (χ1) is 14.8. The fraction of sp³-hybridized carbons (Fsp3) is 0.231. The normalized spacial score (nSPS) is 10.7. The fourth-order valence-corrected chi connectivity index (χ4v) is 3.75. The van der Waals surface area contributed by atoms with Crippen LogP contribution in [0.5, 0.6) is 0 Å². The lowest BCUT2D eigenvalue weighted by molar-refractivity contribution is -0.119. The van der Waals surface area contributed by atoms with E-state index in [2.05, 4.69) is 10.6 Å². The maximum atomic E-state index is 12.6. The Morgan fingerprint density at radius 2 is 1.32 bits per heavy atom. The van der Waals surface area contributed by atoms with Gasteiger partial charge in [0.2, 0.25) is 11.8 Å². The van der Waals surface area contributed by atoms with Crippen molar-refractivity contribution in [2.75, 3.05) is 30.8 Å². The third-order valence-electron chi connectivity index (χ3n) is 5.05. The Kier molecular flexibility index (Phi) is 7.21. The molecule has 2 amide bonds. The summed E-state index contributed by atoms with van der Waals surface area (Å²) < 4.78 is 0. The average Bonchev–Trinajstić information content (AvgIpc) is 2.71. The van der Waals surface area contributed by atoms with Gasteiger partial charge in [-0.05, 0) is 50.6 Å². The number of likely N-dealkylation sites (N-methyl/N-ethyl adjacent to an activating group) is 1. The summed E-state index contributed by atoms with van der Waals surface area (Å²) in [5, 5.41) is 5.95. The van der Waals surface area contributed by atoms with E-state index in [1.54, 1.807) is 11.9 Å². The van der Waals surface area contributed by atoms with Crippen molar-refractivity contribution in [1.82, 2.24) is 4.90 Å². The lowest BCUT2D eigenvalue weighted by Crippen LogP contribution is -2.36. The molecule has 0 atom stereocenters. The van der Waals surface area contributed by atoms with Crippen LogP contribution in [-0.2, 0) is 9.59 Å². The molecule has 3 aromatic rings. The van der Waals surface area contributed by atoms with Crippen LogP contribution >= 0.6 is 0 Å². The molecule has 0 radical (unpaired) electrons. The molecular weight excluding hydrogens is 386 g/mol.